The molecule has 0 aliphatic carbocycles. The molecule has 0 atom stereocenters. The fourth-order valence-corrected chi connectivity index (χ4v) is 4.14. The maximum Gasteiger partial charge on any atom is 0.222 e. The molecule has 0 spiro atoms. The average molecular weight is 432 g/mol. The number of aromatic nitrogens is 3. The van der Waals surface area contributed by atoms with E-state index in [1.165, 1.54) is 17.7 Å². The highest BCUT2D eigenvalue weighted by Crippen LogP contribution is 2.29. The van der Waals surface area contributed by atoms with Crippen molar-refractivity contribution < 1.29 is 4.74 Å². The monoisotopic (exact) mass is 431 g/mol. The van der Waals surface area contributed by atoms with Crippen molar-refractivity contribution in [2.24, 2.45) is 5.92 Å². The number of rotatable bonds is 9. The van der Waals surface area contributed by atoms with Gasteiger partial charge in [-0.25, -0.2) is 4.98 Å². The van der Waals surface area contributed by atoms with Gasteiger partial charge in [-0.05, 0) is 48.6 Å². The Balaban J connectivity index is 1.59. The Bertz CT molecular complexity index is 1200. The molecule has 6 heteroatoms. The molecule has 6 nitrogen and oxygen atoms in total. The van der Waals surface area contributed by atoms with Crippen molar-refractivity contribution >= 4 is 28.1 Å². The number of fused-ring (bicyclic) bond motifs is 3. The number of para-hydroxylation sites is 1. The van der Waals surface area contributed by atoms with Crippen LogP contribution in [-0.4, -0.2) is 34.8 Å². The molecule has 2 aromatic carbocycles. The van der Waals surface area contributed by atoms with Gasteiger partial charge in [0.1, 0.15) is 11.3 Å². The van der Waals surface area contributed by atoms with Gasteiger partial charge in [0.2, 0.25) is 5.95 Å². The van der Waals surface area contributed by atoms with E-state index in [-0.39, 0.29) is 0 Å². The van der Waals surface area contributed by atoms with Gasteiger partial charge in [0.05, 0.1) is 18.3 Å². The Kier molecular flexibility index (Phi) is 6.49. The van der Waals surface area contributed by atoms with Crippen LogP contribution in [0.5, 0.6) is 5.75 Å². The van der Waals surface area contributed by atoms with Crippen LogP contribution in [0.25, 0.3) is 16.4 Å². The van der Waals surface area contributed by atoms with Gasteiger partial charge in [-0.1, -0.05) is 45.0 Å². The number of methoxy groups -OCH3 is 1. The van der Waals surface area contributed by atoms with E-state index in [1.54, 1.807) is 11.6 Å². The first-order chi connectivity index (χ1) is 15.5. The van der Waals surface area contributed by atoms with Gasteiger partial charge in [-0.15, -0.1) is 0 Å². The van der Waals surface area contributed by atoms with Crippen LogP contribution in [0.3, 0.4) is 0 Å². The quantitative estimate of drug-likeness (QED) is 0.388. The molecule has 2 N–H and O–H groups in total. The molecule has 4 aromatic rings. The Morgan fingerprint density at radius 2 is 1.88 bits per heavy atom. The van der Waals surface area contributed by atoms with Gasteiger partial charge in [0.15, 0.2) is 0 Å². The summed E-state index contributed by atoms with van der Waals surface area (Å²) in [4.78, 5) is 7.01. The third kappa shape index (κ3) is 4.49. The molecule has 0 aliphatic heterocycles. The van der Waals surface area contributed by atoms with Crippen molar-refractivity contribution in [3.05, 3.63) is 59.8 Å². The van der Waals surface area contributed by atoms with Crippen LogP contribution < -0.4 is 15.4 Å². The van der Waals surface area contributed by atoms with Crippen LogP contribution in [0.15, 0.2) is 48.5 Å². The lowest BCUT2D eigenvalue weighted by Crippen LogP contribution is -2.26. The maximum absolute atomic E-state index is 6.21. The van der Waals surface area contributed by atoms with Crippen LogP contribution in [0.4, 0.5) is 11.6 Å². The highest BCUT2D eigenvalue weighted by Gasteiger charge is 2.13. The molecule has 168 valence electrons. The summed E-state index contributed by atoms with van der Waals surface area (Å²) >= 11 is 0. The first-order valence-electron chi connectivity index (χ1n) is 11.4. The molecule has 4 rings (SSSR count). The molecular weight excluding hydrogens is 398 g/mol. The minimum absolute atomic E-state index is 0.360. The summed E-state index contributed by atoms with van der Waals surface area (Å²) in [6.07, 6.45) is 3.10. The van der Waals surface area contributed by atoms with Crippen molar-refractivity contribution in [3.63, 3.8) is 0 Å². The van der Waals surface area contributed by atoms with Crippen molar-refractivity contribution in [3.8, 4) is 5.75 Å². The second-order valence-electron chi connectivity index (χ2n) is 8.77. The topological polar surface area (TPSA) is 68.7 Å². The summed E-state index contributed by atoms with van der Waals surface area (Å²) in [7, 11) is 1.65. The van der Waals surface area contributed by atoms with E-state index in [4.69, 9.17) is 15.6 Å². The Hall–Kier alpha value is -3.28. The van der Waals surface area contributed by atoms with Gasteiger partial charge in [0, 0.05) is 30.6 Å². The predicted octanol–water partition coefficient (Wildman–Crippen LogP) is 5.33. The summed E-state index contributed by atoms with van der Waals surface area (Å²) < 4.78 is 7.18. The Morgan fingerprint density at radius 3 is 2.56 bits per heavy atom. The average Bonchev–Trinajstić information content (AvgIpc) is 3.21. The highest BCUT2D eigenvalue weighted by atomic mass is 16.5. The molecule has 0 aliphatic rings. The summed E-state index contributed by atoms with van der Waals surface area (Å²) in [5, 5.41) is 5.71. The number of ether oxygens (including phenoxy) is 1. The van der Waals surface area contributed by atoms with Crippen molar-refractivity contribution in [1.29, 1.82) is 0 Å². The predicted molar refractivity (Wildman–Crippen MR) is 133 cm³/mol. The summed E-state index contributed by atoms with van der Waals surface area (Å²) in [6.45, 7) is 8.98. The van der Waals surface area contributed by atoms with Crippen LogP contribution in [-0.2, 0) is 6.42 Å². The smallest absolute Gasteiger partial charge is 0.222 e. The molecule has 32 heavy (non-hydrogen) atoms. The van der Waals surface area contributed by atoms with Crippen molar-refractivity contribution in [1.82, 2.24) is 14.6 Å². The summed E-state index contributed by atoms with van der Waals surface area (Å²) in [6, 6.07) is 16.9. The van der Waals surface area contributed by atoms with E-state index < -0.39 is 0 Å². The fourth-order valence-electron chi connectivity index (χ4n) is 4.14. The van der Waals surface area contributed by atoms with Gasteiger partial charge in [-0.3, -0.25) is 0 Å². The van der Waals surface area contributed by atoms with Gasteiger partial charge >= 0.3 is 0 Å². The molecule has 0 saturated carbocycles. The SMILES string of the molecule is CCCN(CCC(C)C)c1ccc(Cc2cc3c4cccc(OC)c4nc(N)n3n2)cc1. The number of hydrogen-bond donors (Lipinski definition) is 1. The largest absolute Gasteiger partial charge is 0.494 e. The molecular formula is C26H33N5O. The first-order valence-corrected chi connectivity index (χ1v) is 11.4. The third-order valence-electron chi connectivity index (χ3n) is 5.85. The second kappa shape index (κ2) is 9.47. The summed E-state index contributed by atoms with van der Waals surface area (Å²) in [5.74, 6) is 1.78. The van der Waals surface area contributed by atoms with E-state index in [0.29, 0.717) is 17.6 Å². The van der Waals surface area contributed by atoms with Crippen LogP contribution >= 0.6 is 0 Å². The van der Waals surface area contributed by atoms with E-state index in [2.05, 4.69) is 61.0 Å². The summed E-state index contributed by atoms with van der Waals surface area (Å²) in [5.41, 5.74) is 11.4. The van der Waals surface area contributed by atoms with Gasteiger partial charge in [0.25, 0.3) is 0 Å². The lowest BCUT2D eigenvalue weighted by Gasteiger charge is -2.25. The van der Waals surface area contributed by atoms with Crippen LogP contribution in [0.1, 0.15) is 44.9 Å². The zero-order valence-corrected chi connectivity index (χ0v) is 19.5. The van der Waals surface area contributed by atoms with Crippen molar-refractivity contribution in [2.75, 3.05) is 30.8 Å². The van der Waals surface area contributed by atoms with Gasteiger partial charge < -0.3 is 15.4 Å². The normalized spacial score (nSPS) is 11.5. The molecule has 0 fully saturated rings. The van der Waals surface area contributed by atoms with E-state index in [1.807, 2.05) is 18.2 Å². The molecule has 2 heterocycles. The molecule has 0 amide bonds. The van der Waals surface area contributed by atoms with Crippen LogP contribution in [0.2, 0.25) is 0 Å². The molecule has 2 aromatic heterocycles. The minimum Gasteiger partial charge on any atom is -0.494 e. The molecule has 0 radical (unpaired) electrons. The zero-order chi connectivity index (χ0) is 22.7. The van der Waals surface area contributed by atoms with Crippen LogP contribution in [0, 0.1) is 5.92 Å². The number of nitrogens with two attached hydrogens (primary N) is 1. The van der Waals surface area contributed by atoms with E-state index in [9.17, 15) is 0 Å². The number of nitrogens with zero attached hydrogens (tertiary/aromatic N) is 4. The number of benzene rings is 2. The number of anilines is 2. The molecule has 0 saturated heterocycles. The number of hydrogen-bond acceptors (Lipinski definition) is 5. The Morgan fingerprint density at radius 1 is 1.09 bits per heavy atom. The molecule has 0 unspecified atom stereocenters. The maximum atomic E-state index is 6.21. The third-order valence-corrected chi connectivity index (χ3v) is 5.85. The lowest BCUT2D eigenvalue weighted by atomic mass is 10.1. The van der Waals surface area contributed by atoms with Crippen molar-refractivity contribution in [2.45, 2.75) is 40.0 Å². The standard InChI is InChI=1S/C26H33N5O/c1-5-14-30(15-13-18(2)3)21-11-9-19(10-12-21)16-20-17-23-22-7-6-8-24(32-4)25(22)28-26(27)31(23)29-20/h6-12,17-18H,5,13-16H2,1-4H3,(H2,27,28). The van der Waals surface area contributed by atoms with E-state index >= 15 is 0 Å². The molecule has 0 bridgehead atoms. The second-order valence-corrected chi connectivity index (χ2v) is 8.77. The fraction of sp³-hybridized carbons (Fsp3) is 0.385. The highest BCUT2D eigenvalue weighted by molar-refractivity contribution is 5.97. The number of nitrogen functional groups attached to an aromatic ring is 1. The lowest BCUT2D eigenvalue weighted by molar-refractivity contribution is 0.419. The zero-order valence-electron chi connectivity index (χ0n) is 19.5. The van der Waals surface area contributed by atoms with E-state index in [0.717, 1.165) is 48.0 Å². The Labute approximate surface area is 190 Å². The minimum atomic E-state index is 0.360. The van der Waals surface area contributed by atoms with Gasteiger partial charge in [-0.2, -0.15) is 9.61 Å². The first kappa shape index (κ1) is 21.9.